The molecule has 0 saturated carbocycles. The lowest BCUT2D eigenvalue weighted by Gasteiger charge is -2.11. The van der Waals surface area contributed by atoms with Crippen molar-refractivity contribution in [1.82, 2.24) is 19.7 Å². The van der Waals surface area contributed by atoms with Crippen LogP contribution in [0.15, 0.2) is 22.8 Å². The Morgan fingerprint density at radius 1 is 1.35 bits per heavy atom. The highest BCUT2D eigenvalue weighted by Crippen LogP contribution is 2.30. The molecule has 0 aliphatic rings. The van der Waals surface area contributed by atoms with Gasteiger partial charge in [0.15, 0.2) is 5.65 Å². The zero-order chi connectivity index (χ0) is 18.8. The number of fused-ring (bicyclic) bond motifs is 1. The number of methoxy groups -OCH3 is 1. The molecular formula is C18H20BrN5O2. The van der Waals surface area contributed by atoms with E-state index in [2.05, 4.69) is 36.3 Å². The molecule has 0 unspecified atom stereocenters. The quantitative estimate of drug-likeness (QED) is 0.688. The lowest BCUT2D eigenvalue weighted by atomic mass is 10.00. The molecule has 0 aliphatic carbocycles. The third-order valence-electron chi connectivity index (χ3n) is 4.31. The number of carbonyl (C=O) groups is 1. The summed E-state index contributed by atoms with van der Waals surface area (Å²) in [6.45, 7) is 3.97. The molecule has 136 valence electrons. The van der Waals surface area contributed by atoms with Crippen molar-refractivity contribution in [3.63, 3.8) is 0 Å². The minimum atomic E-state index is -0.0862. The Morgan fingerprint density at radius 3 is 2.77 bits per heavy atom. The Kier molecular flexibility index (Phi) is 5.22. The van der Waals surface area contributed by atoms with Gasteiger partial charge in [0.2, 0.25) is 11.8 Å². The van der Waals surface area contributed by atoms with Crippen LogP contribution in [0.4, 0.5) is 5.82 Å². The first-order chi connectivity index (χ1) is 12.4. The zero-order valence-electron chi connectivity index (χ0n) is 15.1. The van der Waals surface area contributed by atoms with Crippen LogP contribution in [0.3, 0.4) is 0 Å². The second kappa shape index (κ2) is 7.41. The molecule has 26 heavy (non-hydrogen) atoms. The normalized spacial score (nSPS) is 11.0. The van der Waals surface area contributed by atoms with Crippen LogP contribution in [0.25, 0.3) is 11.0 Å². The molecule has 3 heterocycles. The minimum Gasteiger partial charge on any atom is -0.479 e. The smallest absolute Gasteiger partial charge is 0.242 e. The lowest BCUT2D eigenvalue weighted by molar-refractivity contribution is -0.116. The molecular weight excluding hydrogens is 398 g/mol. The number of ether oxygens (including phenoxy) is 1. The molecule has 1 N–H and O–H groups in total. The summed E-state index contributed by atoms with van der Waals surface area (Å²) >= 11 is 3.32. The largest absolute Gasteiger partial charge is 0.479 e. The summed E-state index contributed by atoms with van der Waals surface area (Å²) < 4.78 is 7.95. The molecule has 7 nitrogen and oxygen atoms in total. The fourth-order valence-electron chi connectivity index (χ4n) is 3.00. The maximum absolute atomic E-state index is 12.3. The number of halogens is 1. The number of amides is 1. The van der Waals surface area contributed by atoms with Gasteiger partial charge in [-0.1, -0.05) is 0 Å². The van der Waals surface area contributed by atoms with Gasteiger partial charge in [-0.3, -0.25) is 4.79 Å². The highest BCUT2D eigenvalue weighted by molar-refractivity contribution is 9.10. The van der Waals surface area contributed by atoms with Gasteiger partial charge < -0.3 is 10.1 Å². The SMILES string of the molecule is COc1nn(C)c2nc(C)c(CCC(=O)Nc3ccc(Br)cn3)c(C)c12. The first-order valence-electron chi connectivity index (χ1n) is 8.19. The van der Waals surface area contributed by atoms with E-state index in [1.165, 1.54) is 0 Å². The number of pyridine rings is 2. The molecule has 1 amide bonds. The predicted octanol–water partition coefficient (Wildman–Crippen LogP) is 3.32. The molecule has 8 heteroatoms. The molecule has 0 aliphatic heterocycles. The summed E-state index contributed by atoms with van der Waals surface area (Å²) in [5, 5.41) is 8.05. The average Bonchev–Trinajstić information content (AvgIpc) is 2.93. The van der Waals surface area contributed by atoms with Crippen LogP contribution in [0, 0.1) is 13.8 Å². The summed E-state index contributed by atoms with van der Waals surface area (Å²) in [5.41, 5.74) is 3.77. The summed E-state index contributed by atoms with van der Waals surface area (Å²) in [4.78, 5) is 21.1. The van der Waals surface area contributed by atoms with Crippen LogP contribution in [-0.2, 0) is 18.3 Å². The van der Waals surface area contributed by atoms with Crippen LogP contribution >= 0.6 is 15.9 Å². The Balaban J connectivity index is 1.80. The van der Waals surface area contributed by atoms with E-state index < -0.39 is 0 Å². The lowest BCUT2D eigenvalue weighted by Crippen LogP contribution is -2.14. The highest BCUT2D eigenvalue weighted by atomic mass is 79.9. The standard InChI is InChI=1S/C18H20BrN5O2/c1-10-13(6-8-15(25)22-14-7-5-12(19)9-20-14)11(2)21-17-16(10)18(26-4)23-24(17)3/h5,7,9H,6,8H2,1-4H3,(H,20,22,25). The van der Waals surface area contributed by atoms with E-state index >= 15 is 0 Å². The average molecular weight is 418 g/mol. The third-order valence-corrected chi connectivity index (χ3v) is 4.78. The number of nitrogens with one attached hydrogen (secondary N) is 1. The minimum absolute atomic E-state index is 0.0862. The number of aryl methyl sites for hydroxylation is 3. The monoisotopic (exact) mass is 417 g/mol. The van der Waals surface area contributed by atoms with E-state index in [-0.39, 0.29) is 5.91 Å². The number of carbonyl (C=O) groups excluding carboxylic acids is 1. The Morgan fingerprint density at radius 2 is 2.12 bits per heavy atom. The maximum atomic E-state index is 12.3. The van der Waals surface area contributed by atoms with Crippen molar-refractivity contribution in [1.29, 1.82) is 0 Å². The molecule has 0 atom stereocenters. The van der Waals surface area contributed by atoms with Gasteiger partial charge in [0.25, 0.3) is 0 Å². The van der Waals surface area contributed by atoms with Crippen molar-refractivity contribution in [2.45, 2.75) is 26.7 Å². The maximum Gasteiger partial charge on any atom is 0.242 e. The van der Waals surface area contributed by atoms with Gasteiger partial charge in [-0.15, -0.1) is 5.10 Å². The van der Waals surface area contributed by atoms with E-state index in [0.717, 1.165) is 32.3 Å². The molecule has 3 aromatic rings. The topological polar surface area (TPSA) is 81.9 Å². The fourth-order valence-corrected chi connectivity index (χ4v) is 3.24. The van der Waals surface area contributed by atoms with Gasteiger partial charge in [0, 0.05) is 29.8 Å². The van der Waals surface area contributed by atoms with Crippen molar-refractivity contribution >= 4 is 38.7 Å². The van der Waals surface area contributed by atoms with Crippen LogP contribution in [0.5, 0.6) is 5.88 Å². The van der Waals surface area contributed by atoms with E-state index in [1.807, 2.05) is 27.0 Å². The van der Waals surface area contributed by atoms with Crippen LogP contribution in [0.1, 0.15) is 23.2 Å². The van der Waals surface area contributed by atoms with Gasteiger partial charge in [-0.05, 0) is 59.5 Å². The van der Waals surface area contributed by atoms with E-state index in [9.17, 15) is 4.79 Å². The van der Waals surface area contributed by atoms with Crippen LogP contribution in [-0.4, -0.2) is 32.8 Å². The molecule has 0 fully saturated rings. The number of nitrogens with zero attached hydrogens (tertiary/aromatic N) is 4. The highest BCUT2D eigenvalue weighted by Gasteiger charge is 2.18. The number of rotatable bonds is 5. The summed E-state index contributed by atoms with van der Waals surface area (Å²) in [7, 11) is 3.44. The van der Waals surface area contributed by atoms with Crippen molar-refractivity contribution in [3.8, 4) is 5.88 Å². The predicted molar refractivity (Wildman–Crippen MR) is 103 cm³/mol. The number of aromatic nitrogens is 4. The first kappa shape index (κ1) is 18.3. The van der Waals surface area contributed by atoms with Gasteiger partial charge in [0.05, 0.1) is 12.5 Å². The van der Waals surface area contributed by atoms with Crippen molar-refractivity contribution in [3.05, 3.63) is 39.6 Å². The summed E-state index contributed by atoms with van der Waals surface area (Å²) in [5.74, 6) is 1.00. The van der Waals surface area contributed by atoms with E-state index in [1.54, 1.807) is 24.1 Å². The molecule has 3 rings (SSSR count). The molecule has 0 bridgehead atoms. The zero-order valence-corrected chi connectivity index (χ0v) is 16.7. The Bertz CT molecular complexity index is 966. The van der Waals surface area contributed by atoms with Gasteiger partial charge in [-0.25, -0.2) is 14.6 Å². The third kappa shape index (κ3) is 3.55. The molecule has 0 saturated heterocycles. The second-order valence-corrected chi connectivity index (χ2v) is 6.96. The molecule has 0 spiro atoms. The Hall–Kier alpha value is -2.48. The number of anilines is 1. The molecule has 3 aromatic heterocycles. The second-order valence-electron chi connectivity index (χ2n) is 6.04. The van der Waals surface area contributed by atoms with Gasteiger partial charge >= 0.3 is 0 Å². The summed E-state index contributed by atoms with van der Waals surface area (Å²) in [6, 6.07) is 3.59. The van der Waals surface area contributed by atoms with E-state index in [4.69, 9.17) is 4.74 Å². The van der Waals surface area contributed by atoms with Crippen LogP contribution < -0.4 is 10.1 Å². The fraction of sp³-hybridized carbons (Fsp3) is 0.333. The molecule has 0 radical (unpaired) electrons. The van der Waals surface area contributed by atoms with Crippen molar-refractivity contribution < 1.29 is 9.53 Å². The number of hydrogen-bond acceptors (Lipinski definition) is 5. The number of hydrogen-bond donors (Lipinski definition) is 1. The first-order valence-corrected chi connectivity index (χ1v) is 8.98. The van der Waals surface area contributed by atoms with E-state index in [0.29, 0.717) is 24.5 Å². The Labute approximate surface area is 159 Å². The van der Waals surface area contributed by atoms with Gasteiger partial charge in [0.1, 0.15) is 5.82 Å². The van der Waals surface area contributed by atoms with Crippen molar-refractivity contribution in [2.75, 3.05) is 12.4 Å². The molecule has 0 aromatic carbocycles. The van der Waals surface area contributed by atoms with Gasteiger partial charge in [-0.2, -0.15) is 0 Å². The van der Waals surface area contributed by atoms with Crippen LogP contribution in [0.2, 0.25) is 0 Å². The summed E-state index contributed by atoms with van der Waals surface area (Å²) in [6.07, 6.45) is 2.58. The van der Waals surface area contributed by atoms with Crippen molar-refractivity contribution in [2.24, 2.45) is 7.05 Å².